The van der Waals surface area contributed by atoms with E-state index in [9.17, 15) is 4.79 Å². The fourth-order valence-electron chi connectivity index (χ4n) is 2.57. The predicted octanol–water partition coefficient (Wildman–Crippen LogP) is 3.23. The van der Waals surface area contributed by atoms with E-state index in [1.807, 2.05) is 50.2 Å². The topological polar surface area (TPSA) is 77.2 Å². The molecule has 6 heteroatoms. The summed E-state index contributed by atoms with van der Waals surface area (Å²) >= 11 is 0. The van der Waals surface area contributed by atoms with Crippen LogP contribution in [0.5, 0.6) is 0 Å². The number of nitrogens with zero attached hydrogens (tertiary/aromatic N) is 2. The summed E-state index contributed by atoms with van der Waals surface area (Å²) in [5.41, 5.74) is 3.94. The first kappa shape index (κ1) is 18.8. The zero-order valence-electron chi connectivity index (χ0n) is 15.6. The van der Waals surface area contributed by atoms with Gasteiger partial charge in [0.15, 0.2) is 0 Å². The van der Waals surface area contributed by atoms with Gasteiger partial charge in [-0.15, -0.1) is 0 Å². The second-order valence-electron chi connectivity index (χ2n) is 6.34. The molecule has 6 nitrogen and oxygen atoms in total. The second kappa shape index (κ2) is 9.09. The molecule has 1 amide bonds. The summed E-state index contributed by atoms with van der Waals surface area (Å²) in [5, 5.41) is 2.84. The van der Waals surface area contributed by atoms with Crippen molar-refractivity contribution in [1.29, 1.82) is 0 Å². The van der Waals surface area contributed by atoms with E-state index in [2.05, 4.69) is 15.3 Å². The van der Waals surface area contributed by atoms with E-state index >= 15 is 0 Å². The summed E-state index contributed by atoms with van der Waals surface area (Å²) in [6.07, 6.45) is 4.24. The third-order valence-electron chi connectivity index (χ3n) is 4.15. The van der Waals surface area contributed by atoms with Gasteiger partial charge < -0.3 is 14.5 Å². The summed E-state index contributed by atoms with van der Waals surface area (Å²) in [6, 6.07) is 11.8. The van der Waals surface area contributed by atoms with Gasteiger partial charge in [0.05, 0.1) is 6.61 Å². The number of benzene rings is 1. The Hall–Kier alpha value is -2.99. The molecule has 140 valence electrons. The van der Waals surface area contributed by atoms with Gasteiger partial charge in [-0.2, -0.15) is 0 Å². The zero-order valence-corrected chi connectivity index (χ0v) is 15.6. The van der Waals surface area contributed by atoms with E-state index in [-0.39, 0.29) is 19.1 Å². The Morgan fingerprint density at radius 1 is 1.11 bits per heavy atom. The molecule has 1 aromatic carbocycles. The Kier molecular flexibility index (Phi) is 6.33. The molecule has 0 aliphatic heterocycles. The number of oxazole rings is 1. The standard InChI is InChI=1S/C21H23N3O3/c1-15-3-5-18(6-4-15)21-24-19(16(2)27-21)13-26-14-20(25)23-12-9-17-7-10-22-11-8-17/h3-8,10-11H,9,12-14H2,1-2H3,(H,23,25). The molecule has 0 bridgehead atoms. The first-order valence-electron chi connectivity index (χ1n) is 8.88. The van der Waals surface area contributed by atoms with Crippen LogP contribution in [-0.4, -0.2) is 29.0 Å². The molecule has 0 aliphatic rings. The van der Waals surface area contributed by atoms with Crippen LogP contribution in [0.3, 0.4) is 0 Å². The smallest absolute Gasteiger partial charge is 0.246 e. The van der Waals surface area contributed by atoms with Crippen molar-refractivity contribution in [2.45, 2.75) is 26.9 Å². The van der Waals surface area contributed by atoms with Crippen molar-refractivity contribution in [2.75, 3.05) is 13.2 Å². The summed E-state index contributed by atoms with van der Waals surface area (Å²) < 4.78 is 11.2. The Labute approximate surface area is 158 Å². The SMILES string of the molecule is Cc1ccc(-c2nc(COCC(=O)NCCc3ccncc3)c(C)o2)cc1. The third kappa shape index (κ3) is 5.49. The monoisotopic (exact) mass is 365 g/mol. The second-order valence-corrected chi connectivity index (χ2v) is 6.34. The number of aromatic nitrogens is 2. The molecule has 3 aromatic rings. The molecule has 0 saturated heterocycles. The van der Waals surface area contributed by atoms with Crippen LogP contribution < -0.4 is 5.32 Å². The highest BCUT2D eigenvalue weighted by atomic mass is 16.5. The molecule has 0 saturated carbocycles. The van der Waals surface area contributed by atoms with Gasteiger partial charge in [0.25, 0.3) is 0 Å². The Bertz CT molecular complexity index is 873. The van der Waals surface area contributed by atoms with Crippen LogP contribution in [0, 0.1) is 13.8 Å². The van der Waals surface area contributed by atoms with E-state index in [0.717, 1.165) is 17.5 Å². The third-order valence-corrected chi connectivity index (χ3v) is 4.15. The van der Waals surface area contributed by atoms with E-state index in [0.29, 0.717) is 23.9 Å². The van der Waals surface area contributed by atoms with E-state index in [4.69, 9.17) is 9.15 Å². The molecule has 0 radical (unpaired) electrons. The van der Waals surface area contributed by atoms with Gasteiger partial charge in [-0.3, -0.25) is 9.78 Å². The lowest BCUT2D eigenvalue weighted by molar-refractivity contribution is -0.126. The van der Waals surface area contributed by atoms with Gasteiger partial charge in [-0.05, 0) is 50.1 Å². The lowest BCUT2D eigenvalue weighted by Gasteiger charge is -2.05. The summed E-state index contributed by atoms with van der Waals surface area (Å²) in [4.78, 5) is 20.3. The zero-order chi connectivity index (χ0) is 19.1. The molecule has 27 heavy (non-hydrogen) atoms. The van der Waals surface area contributed by atoms with Gasteiger partial charge in [-0.25, -0.2) is 4.98 Å². The van der Waals surface area contributed by atoms with Crippen LogP contribution in [0.4, 0.5) is 0 Å². The molecule has 0 atom stereocenters. The lowest BCUT2D eigenvalue weighted by Crippen LogP contribution is -2.29. The van der Waals surface area contributed by atoms with Crippen molar-refractivity contribution in [2.24, 2.45) is 0 Å². The Morgan fingerprint density at radius 3 is 2.59 bits per heavy atom. The van der Waals surface area contributed by atoms with E-state index in [1.54, 1.807) is 12.4 Å². The first-order chi connectivity index (χ1) is 13.1. The van der Waals surface area contributed by atoms with Crippen LogP contribution >= 0.6 is 0 Å². The largest absolute Gasteiger partial charge is 0.441 e. The van der Waals surface area contributed by atoms with E-state index in [1.165, 1.54) is 5.56 Å². The summed E-state index contributed by atoms with van der Waals surface area (Å²) in [5.74, 6) is 1.11. The highest BCUT2D eigenvalue weighted by Crippen LogP contribution is 2.22. The predicted molar refractivity (Wildman–Crippen MR) is 102 cm³/mol. The van der Waals surface area contributed by atoms with Gasteiger partial charge in [0.1, 0.15) is 18.1 Å². The first-order valence-corrected chi connectivity index (χ1v) is 8.88. The van der Waals surface area contributed by atoms with Crippen LogP contribution in [-0.2, 0) is 22.6 Å². The fourth-order valence-corrected chi connectivity index (χ4v) is 2.57. The number of rotatable bonds is 8. The molecule has 3 rings (SSSR count). The highest BCUT2D eigenvalue weighted by molar-refractivity contribution is 5.77. The van der Waals surface area contributed by atoms with Gasteiger partial charge in [0.2, 0.25) is 11.8 Å². The van der Waals surface area contributed by atoms with Crippen molar-refractivity contribution in [3.05, 3.63) is 71.4 Å². The van der Waals surface area contributed by atoms with Crippen molar-refractivity contribution >= 4 is 5.91 Å². The molecule has 2 heterocycles. The Morgan fingerprint density at radius 2 is 1.85 bits per heavy atom. The molecular formula is C21H23N3O3. The van der Waals surface area contributed by atoms with Crippen LogP contribution in [0.1, 0.15) is 22.6 Å². The number of nitrogens with one attached hydrogen (secondary N) is 1. The average Bonchev–Trinajstić information content (AvgIpc) is 3.04. The number of amides is 1. The molecular weight excluding hydrogens is 342 g/mol. The maximum absolute atomic E-state index is 11.9. The Balaban J connectivity index is 1.43. The highest BCUT2D eigenvalue weighted by Gasteiger charge is 2.12. The minimum absolute atomic E-state index is 0.0114. The van der Waals surface area contributed by atoms with Crippen molar-refractivity contribution < 1.29 is 13.9 Å². The fraction of sp³-hybridized carbons (Fsp3) is 0.286. The molecule has 0 aliphatic carbocycles. The number of carbonyl (C=O) groups is 1. The quantitative estimate of drug-likeness (QED) is 0.663. The van der Waals surface area contributed by atoms with Gasteiger partial charge in [-0.1, -0.05) is 17.7 Å². The summed E-state index contributed by atoms with van der Waals surface area (Å²) in [6.45, 7) is 4.67. The van der Waals surface area contributed by atoms with Crippen LogP contribution in [0.2, 0.25) is 0 Å². The molecule has 2 aromatic heterocycles. The minimum Gasteiger partial charge on any atom is -0.441 e. The molecule has 0 unspecified atom stereocenters. The normalized spacial score (nSPS) is 10.7. The van der Waals surface area contributed by atoms with Crippen molar-refractivity contribution in [3.8, 4) is 11.5 Å². The maximum atomic E-state index is 11.9. The van der Waals surface area contributed by atoms with Crippen LogP contribution in [0.15, 0.2) is 53.2 Å². The number of aryl methyl sites for hydroxylation is 2. The number of pyridine rings is 1. The number of hydrogen-bond donors (Lipinski definition) is 1. The number of carbonyl (C=O) groups excluding carboxylic acids is 1. The molecule has 0 spiro atoms. The average molecular weight is 365 g/mol. The molecule has 0 fully saturated rings. The lowest BCUT2D eigenvalue weighted by atomic mass is 10.1. The van der Waals surface area contributed by atoms with Gasteiger partial charge in [0, 0.05) is 24.5 Å². The van der Waals surface area contributed by atoms with Crippen molar-refractivity contribution in [3.63, 3.8) is 0 Å². The van der Waals surface area contributed by atoms with Crippen LogP contribution in [0.25, 0.3) is 11.5 Å². The number of ether oxygens (including phenoxy) is 1. The number of hydrogen-bond acceptors (Lipinski definition) is 5. The minimum atomic E-state index is -0.149. The maximum Gasteiger partial charge on any atom is 0.246 e. The summed E-state index contributed by atoms with van der Waals surface area (Å²) in [7, 11) is 0. The van der Waals surface area contributed by atoms with Crippen molar-refractivity contribution in [1.82, 2.24) is 15.3 Å². The van der Waals surface area contributed by atoms with Gasteiger partial charge >= 0.3 is 0 Å². The van der Waals surface area contributed by atoms with E-state index < -0.39 is 0 Å². The molecule has 1 N–H and O–H groups in total.